The van der Waals surface area contributed by atoms with Gasteiger partial charge < -0.3 is 14.2 Å². The van der Waals surface area contributed by atoms with Crippen molar-refractivity contribution in [3.05, 3.63) is 35.9 Å². The third-order valence-corrected chi connectivity index (χ3v) is 2.95. The second-order valence-corrected chi connectivity index (χ2v) is 4.50. The second kappa shape index (κ2) is 8.34. The Morgan fingerprint density at radius 1 is 1.14 bits per heavy atom. The molecule has 0 amide bonds. The van der Waals surface area contributed by atoms with Gasteiger partial charge in [0.25, 0.3) is 0 Å². The Hall–Kier alpha value is -1.98. The van der Waals surface area contributed by atoms with E-state index in [4.69, 9.17) is 14.2 Å². The SMILES string of the molecule is COCCCOCCOc1nc2ccccc2cc1C=O. The van der Waals surface area contributed by atoms with Crippen LogP contribution < -0.4 is 4.74 Å². The number of hydrogen-bond acceptors (Lipinski definition) is 5. The number of hydrogen-bond donors (Lipinski definition) is 0. The van der Waals surface area contributed by atoms with E-state index < -0.39 is 0 Å². The Balaban J connectivity index is 1.90. The van der Waals surface area contributed by atoms with Crippen LogP contribution >= 0.6 is 0 Å². The maximum atomic E-state index is 11.1. The van der Waals surface area contributed by atoms with E-state index in [1.807, 2.05) is 24.3 Å². The topological polar surface area (TPSA) is 57.6 Å². The third-order valence-electron chi connectivity index (χ3n) is 2.95. The molecule has 5 nitrogen and oxygen atoms in total. The van der Waals surface area contributed by atoms with Crippen LogP contribution in [-0.2, 0) is 9.47 Å². The predicted molar refractivity (Wildman–Crippen MR) is 79.9 cm³/mol. The summed E-state index contributed by atoms with van der Waals surface area (Å²) < 4.78 is 15.9. The maximum absolute atomic E-state index is 11.1. The zero-order valence-corrected chi connectivity index (χ0v) is 12.1. The van der Waals surface area contributed by atoms with Crippen molar-refractivity contribution in [2.24, 2.45) is 0 Å². The molecule has 1 aromatic carbocycles. The van der Waals surface area contributed by atoms with Gasteiger partial charge in [-0.25, -0.2) is 4.98 Å². The molecule has 0 aliphatic carbocycles. The van der Waals surface area contributed by atoms with Crippen molar-refractivity contribution in [2.75, 3.05) is 33.5 Å². The van der Waals surface area contributed by atoms with E-state index in [9.17, 15) is 4.79 Å². The molecule has 0 unspecified atom stereocenters. The van der Waals surface area contributed by atoms with E-state index in [-0.39, 0.29) is 0 Å². The smallest absolute Gasteiger partial charge is 0.224 e. The molecule has 1 heterocycles. The third kappa shape index (κ3) is 4.51. The summed E-state index contributed by atoms with van der Waals surface area (Å²) in [5.41, 5.74) is 1.26. The molecule has 21 heavy (non-hydrogen) atoms. The molecule has 112 valence electrons. The van der Waals surface area contributed by atoms with Crippen molar-refractivity contribution < 1.29 is 19.0 Å². The molecule has 0 bridgehead atoms. The van der Waals surface area contributed by atoms with Crippen LogP contribution in [-0.4, -0.2) is 44.8 Å². The number of para-hydroxylation sites is 1. The number of ether oxygens (including phenoxy) is 3. The van der Waals surface area contributed by atoms with Gasteiger partial charge in [-0.1, -0.05) is 18.2 Å². The van der Waals surface area contributed by atoms with Crippen LogP contribution in [0.2, 0.25) is 0 Å². The monoisotopic (exact) mass is 289 g/mol. The van der Waals surface area contributed by atoms with Crippen molar-refractivity contribution in [3.63, 3.8) is 0 Å². The molecule has 0 atom stereocenters. The van der Waals surface area contributed by atoms with Crippen LogP contribution in [0.1, 0.15) is 16.8 Å². The highest BCUT2D eigenvalue weighted by Gasteiger charge is 2.07. The molecule has 1 aromatic heterocycles. The first-order valence-corrected chi connectivity index (χ1v) is 6.89. The molecule has 0 spiro atoms. The largest absolute Gasteiger partial charge is 0.475 e. The number of carbonyl (C=O) groups is 1. The highest BCUT2D eigenvalue weighted by molar-refractivity contribution is 5.88. The maximum Gasteiger partial charge on any atom is 0.224 e. The van der Waals surface area contributed by atoms with E-state index >= 15 is 0 Å². The number of pyridine rings is 1. The zero-order chi connectivity index (χ0) is 14.9. The molecular formula is C16H19NO4. The zero-order valence-electron chi connectivity index (χ0n) is 12.1. The van der Waals surface area contributed by atoms with E-state index in [0.29, 0.717) is 37.9 Å². The summed E-state index contributed by atoms with van der Waals surface area (Å²) in [6.07, 6.45) is 1.61. The first-order chi connectivity index (χ1) is 10.3. The predicted octanol–water partition coefficient (Wildman–Crippen LogP) is 2.48. The fourth-order valence-corrected chi connectivity index (χ4v) is 1.92. The highest BCUT2D eigenvalue weighted by Crippen LogP contribution is 2.20. The lowest BCUT2D eigenvalue weighted by Gasteiger charge is -2.09. The summed E-state index contributed by atoms with van der Waals surface area (Å²) >= 11 is 0. The minimum atomic E-state index is 0.351. The van der Waals surface area contributed by atoms with Gasteiger partial charge in [-0.2, -0.15) is 0 Å². The molecule has 0 aliphatic rings. The molecule has 0 N–H and O–H groups in total. The Morgan fingerprint density at radius 3 is 2.81 bits per heavy atom. The molecule has 2 aromatic rings. The van der Waals surface area contributed by atoms with Gasteiger partial charge >= 0.3 is 0 Å². The molecule has 5 heteroatoms. The van der Waals surface area contributed by atoms with Crippen LogP contribution in [0.5, 0.6) is 5.88 Å². The Bertz CT molecular complexity index is 585. The number of rotatable bonds is 9. The first kappa shape index (κ1) is 15.4. The summed E-state index contributed by atoms with van der Waals surface area (Å²) in [6, 6.07) is 9.39. The summed E-state index contributed by atoms with van der Waals surface area (Å²) in [4.78, 5) is 15.5. The number of aldehydes is 1. The minimum absolute atomic E-state index is 0.351. The Morgan fingerprint density at radius 2 is 2.00 bits per heavy atom. The minimum Gasteiger partial charge on any atom is -0.475 e. The van der Waals surface area contributed by atoms with Gasteiger partial charge in [-0.3, -0.25) is 4.79 Å². The number of benzene rings is 1. The highest BCUT2D eigenvalue weighted by atomic mass is 16.5. The van der Waals surface area contributed by atoms with Crippen LogP contribution in [0.25, 0.3) is 10.9 Å². The van der Waals surface area contributed by atoms with E-state index in [1.165, 1.54) is 0 Å². The number of aromatic nitrogens is 1. The van der Waals surface area contributed by atoms with Gasteiger partial charge in [0.2, 0.25) is 5.88 Å². The van der Waals surface area contributed by atoms with E-state index in [1.54, 1.807) is 13.2 Å². The molecule has 0 fully saturated rings. The van der Waals surface area contributed by atoms with Gasteiger partial charge in [0, 0.05) is 25.7 Å². The van der Waals surface area contributed by atoms with Crippen molar-refractivity contribution in [1.29, 1.82) is 0 Å². The lowest BCUT2D eigenvalue weighted by molar-refractivity contribution is 0.0792. The number of carbonyl (C=O) groups excluding carboxylic acids is 1. The molecule has 0 saturated carbocycles. The second-order valence-electron chi connectivity index (χ2n) is 4.50. The van der Waals surface area contributed by atoms with Crippen molar-refractivity contribution in [2.45, 2.75) is 6.42 Å². The number of nitrogens with zero attached hydrogens (tertiary/aromatic N) is 1. The van der Waals surface area contributed by atoms with Gasteiger partial charge in [-0.15, -0.1) is 0 Å². The quantitative estimate of drug-likeness (QED) is 0.524. The van der Waals surface area contributed by atoms with Crippen molar-refractivity contribution >= 4 is 17.2 Å². The molecule has 0 radical (unpaired) electrons. The van der Waals surface area contributed by atoms with E-state index in [2.05, 4.69) is 4.98 Å². The molecular weight excluding hydrogens is 270 g/mol. The summed E-state index contributed by atoms with van der Waals surface area (Å²) in [7, 11) is 1.66. The molecule has 2 rings (SSSR count). The average Bonchev–Trinajstić information content (AvgIpc) is 2.53. The van der Waals surface area contributed by atoms with Gasteiger partial charge in [0.1, 0.15) is 6.61 Å². The standard InChI is InChI=1S/C16H19NO4/c1-19-7-4-8-20-9-10-21-16-14(12-18)11-13-5-2-3-6-15(13)17-16/h2-3,5-6,11-12H,4,7-10H2,1H3. The lowest BCUT2D eigenvalue weighted by Crippen LogP contribution is -2.10. The van der Waals surface area contributed by atoms with Gasteiger partial charge in [-0.05, 0) is 18.6 Å². The van der Waals surface area contributed by atoms with Crippen molar-refractivity contribution in [1.82, 2.24) is 4.98 Å². The van der Waals surface area contributed by atoms with Crippen LogP contribution in [0.15, 0.2) is 30.3 Å². The first-order valence-electron chi connectivity index (χ1n) is 6.89. The fourth-order valence-electron chi connectivity index (χ4n) is 1.92. The Labute approximate surface area is 123 Å². The van der Waals surface area contributed by atoms with Crippen LogP contribution in [0, 0.1) is 0 Å². The van der Waals surface area contributed by atoms with E-state index in [0.717, 1.165) is 23.6 Å². The summed E-state index contributed by atoms with van der Waals surface area (Å²) in [5, 5.41) is 0.919. The molecule has 0 saturated heterocycles. The molecule has 0 aliphatic heterocycles. The van der Waals surface area contributed by atoms with Gasteiger partial charge in [0.05, 0.1) is 17.7 Å². The van der Waals surface area contributed by atoms with Crippen LogP contribution in [0.3, 0.4) is 0 Å². The van der Waals surface area contributed by atoms with Crippen molar-refractivity contribution in [3.8, 4) is 5.88 Å². The van der Waals surface area contributed by atoms with Crippen LogP contribution in [0.4, 0.5) is 0 Å². The Kier molecular flexibility index (Phi) is 6.12. The van der Waals surface area contributed by atoms with Gasteiger partial charge in [0.15, 0.2) is 6.29 Å². The average molecular weight is 289 g/mol. The normalized spacial score (nSPS) is 10.7. The number of fused-ring (bicyclic) bond motifs is 1. The lowest BCUT2D eigenvalue weighted by atomic mass is 10.1. The number of methoxy groups -OCH3 is 1. The fraction of sp³-hybridized carbons (Fsp3) is 0.375. The summed E-state index contributed by atoms with van der Waals surface area (Å²) in [6.45, 7) is 2.13. The summed E-state index contributed by atoms with van der Waals surface area (Å²) in [5.74, 6) is 0.351.